The molecule has 2 atom stereocenters. The van der Waals surface area contributed by atoms with Crippen LogP contribution in [0.15, 0.2) is 11.5 Å². The zero-order chi connectivity index (χ0) is 7.07. The Bertz CT molecular complexity index is 229. The number of rotatable bonds is 0. The van der Waals surface area contributed by atoms with Gasteiger partial charge in [-0.2, -0.15) is 0 Å². The van der Waals surface area contributed by atoms with Crippen LogP contribution in [0, 0.1) is 0 Å². The van der Waals surface area contributed by atoms with Crippen LogP contribution in [-0.2, 0) is 9.84 Å². The summed E-state index contributed by atoms with van der Waals surface area (Å²) < 4.78 is 21.6. The van der Waals surface area contributed by atoms with E-state index in [1.54, 1.807) is 6.92 Å². The largest absolute Gasteiger partial charge is 0.323 e. The Kier molecular flexibility index (Phi) is 1.36. The number of nitrogens with two attached hydrogens (primary N) is 1. The fourth-order valence-corrected chi connectivity index (χ4v) is 1.88. The van der Waals surface area contributed by atoms with E-state index >= 15 is 0 Å². The molecule has 0 aliphatic carbocycles. The van der Waals surface area contributed by atoms with Gasteiger partial charge in [-0.1, -0.05) is 6.08 Å². The quantitative estimate of drug-likeness (QED) is 0.509. The molecule has 0 aromatic rings. The summed E-state index contributed by atoms with van der Waals surface area (Å²) in [4.78, 5) is 0. The van der Waals surface area contributed by atoms with Crippen LogP contribution in [0.1, 0.15) is 6.92 Å². The van der Waals surface area contributed by atoms with Crippen LogP contribution < -0.4 is 5.73 Å². The van der Waals surface area contributed by atoms with E-state index in [4.69, 9.17) is 5.73 Å². The van der Waals surface area contributed by atoms with E-state index in [2.05, 4.69) is 0 Å². The first kappa shape index (κ1) is 6.77. The molecule has 52 valence electrons. The van der Waals surface area contributed by atoms with E-state index in [0.717, 1.165) is 0 Å². The van der Waals surface area contributed by atoms with Crippen LogP contribution in [-0.4, -0.2) is 19.7 Å². The van der Waals surface area contributed by atoms with Crippen molar-refractivity contribution in [3.05, 3.63) is 11.5 Å². The van der Waals surface area contributed by atoms with Gasteiger partial charge in [-0.15, -0.1) is 0 Å². The second kappa shape index (κ2) is 1.82. The molecule has 2 unspecified atom stereocenters. The molecule has 4 heteroatoms. The summed E-state index contributed by atoms with van der Waals surface area (Å²) in [6.45, 7) is 1.61. The SMILES string of the molecule is CC1C(N)C=CS1(=O)=O. The average molecular weight is 147 g/mol. The zero-order valence-corrected chi connectivity index (χ0v) is 5.93. The first-order valence-corrected chi connectivity index (χ1v) is 4.32. The van der Waals surface area contributed by atoms with E-state index in [0.29, 0.717) is 0 Å². The smallest absolute Gasteiger partial charge is 0.175 e. The maximum Gasteiger partial charge on any atom is 0.175 e. The van der Waals surface area contributed by atoms with E-state index < -0.39 is 15.1 Å². The van der Waals surface area contributed by atoms with Crippen LogP contribution in [0.4, 0.5) is 0 Å². The highest BCUT2D eigenvalue weighted by Gasteiger charge is 2.28. The summed E-state index contributed by atoms with van der Waals surface area (Å²) >= 11 is 0. The maximum atomic E-state index is 10.8. The van der Waals surface area contributed by atoms with Gasteiger partial charge >= 0.3 is 0 Å². The van der Waals surface area contributed by atoms with Gasteiger partial charge in [-0.3, -0.25) is 0 Å². The molecular formula is C5H9NO2S. The van der Waals surface area contributed by atoms with Crippen molar-refractivity contribution in [1.29, 1.82) is 0 Å². The van der Waals surface area contributed by atoms with Crippen LogP contribution >= 0.6 is 0 Å². The van der Waals surface area contributed by atoms with E-state index in [1.807, 2.05) is 0 Å². The molecule has 0 amide bonds. The fraction of sp³-hybridized carbons (Fsp3) is 0.600. The van der Waals surface area contributed by atoms with Crippen molar-refractivity contribution in [2.75, 3.05) is 0 Å². The van der Waals surface area contributed by atoms with Gasteiger partial charge in [0.05, 0.1) is 5.25 Å². The topological polar surface area (TPSA) is 60.2 Å². The van der Waals surface area contributed by atoms with Crippen LogP contribution in [0.5, 0.6) is 0 Å². The molecule has 0 bridgehead atoms. The lowest BCUT2D eigenvalue weighted by Gasteiger charge is -2.05. The van der Waals surface area contributed by atoms with Gasteiger partial charge in [0.25, 0.3) is 0 Å². The molecule has 0 radical (unpaired) electrons. The molecule has 1 aliphatic rings. The molecule has 9 heavy (non-hydrogen) atoms. The lowest BCUT2D eigenvalue weighted by molar-refractivity contribution is 0.590. The normalized spacial score (nSPS) is 39.3. The van der Waals surface area contributed by atoms with Crippen molar-refractivity contribution < 1.29 is 8.42 Å². The van der Waals surface area contributed by atoms with Gasteiger partial charge < -0.3 is 5.73 Å². The number of sulfone groups is 1. The minimum absolute atomic E-state index is 0.310. The van der Waals surface area contributed by atoms with Crippen molar-refractivity contribution in [3.63, 3.8) is 0 Å². The van der Waals surface area contributed by atoms with E-state index in [1.165, 1.54) is 11.5 Å². The monoisotopic (exact) mass is 147 g/mol. The van der Waals surface area contributed by atoms with Crippen molar-refractivity contribution in [1.82, 2.24) is 0 Å². The van der Waals surface area contributed by atoms with Gasteiger partial charge in [-0.25, -0.2) is 8.42 Å². The molecule has 0 spiro atoms. The van der Waals surface area contributed by atoms with Gasteiger partial charge in [0.15, 0.2) is 9.84 Å². The molecule has 0 saturated heterocycles. The zero-order valence-electron chi connectivity index (χ0n) is 5.11. The Balaban J connectivity index is 3.01. The second-order valence-electron chi connectivity index (χ2n) is 2.20. The average Bonchev–Trinajstić information content (AvgIpc) is 1.97. The van der Waals surface area contributed by atoms with Crippen molar-refractivity contribution in [3.8, 4) is 0 Å². The third kappa shape index (κ3) is 0.997. The molecule has 1 rings (SSSR count). The summed E-state index contributed by atoms with van der Waals surface area (Å²) in [7, 11) is -2.98. The highest BCUT2D eigenvalue weighted by molar-refractivity contribution is 7.95. The Hall–Kier alpha value is -0.350. The first-order chi connectivity index (χ1) is 4.04. The lowest BCUT2D eigenvalue weighted by Crippen LogP contribution is -2.30. The molecule has 0 aromatic heterocycles. The van der Waals surface area contributed by atoms with Gasteiger partial charge in [-0.05, 0) is 6.92 Å². The highest BCUT2D eigenvalue weighted by atomic mass is 32.2. The minimum Gasteiger partial charge on any atom is -0.323 e. The molecule has 1 aliphatic heterocycles. The van der Waals surface area contributed by atoms with Crippen LogP contribution in [0.25, 0.3) is 0 Å². The predicted molar refractivity (Wildman–Crippen MR) is 35.5 cm³/mol. The summed E-state index contributed by atoms with van der Waals surface area (Å²) in [6, 6.07) is -0.310. The summed E-state index contributed by atoms with van der Waals surface area (Å²) in [5, 5.41) is 0.750. The molecule has 2 N–H and O–H groups in total. The summed E-state index contributed by atoms with van der Waals surface area (Å²) in [5.41, 5.74) is 5.39. The van der Waals surface area contributed by atoms with Gasteiger partial charge in [0.2, 0.25) is 0 Å². The standard InChI is InChI=1S/C5H9NO2S/c1-4-5(6)2-3-9(4,7)8/h2-5H,6H2,1H3. The van der Waals surface area contributed by atoms with Crippen LogP contribution in [0.2, 0.25) is 0 Å². The van der Waals surface area contributed by atoms with E-state index in [9.17, 15) is 8.42 Å². The third-order valence-corrected chi connectivity index (χ3v) is 3.44. The molecule has 0 fully saturated rings. The number of hydrogen-bond donors (Lipinski definition) is 1. The minimum atomic E-state index is -2.98. The van der Waals surface area contributed by atoms with Crippen molar-refractivity contribution in [2.45, 2.75) is 18.2 Å². The number of hydrogen-bond acceptors (Lipinski definition) is 3. The second-order valence-corrected chi connectivity index (χ2v) is 4.39. The summed E-state index contributed by atoms with van der Waals surface area (Å²) in [6.07, 6.45) is 1.51. The van der Waals surface area contributed by atoms with Gasteiger partial charge in [0.1, 0.15) is 0 Å². The molecule has 3 nitrogen and oxygen atoms in total. The Morgan fingerprint density at radius 1 is 1.56 bits per heavy atom. The Morgan fingerprint density at radius 3 is 2.22 bits per heavy atom. The molecule has 0 aromatic carbocycles. The van der Waals surface area contributed by atoms with Crippen LogP contribution in [0.3, 0.4) is 0 Å². The first-order valence-electron chi connectivity index (χ1n) is 2.72. The lowest BCUT2D eigenvalue weighted by atomic mass is 10.2. The van der Waals surface area contributed by atoms with Crippen molar-refractivity contribution in [2.24, 2.45) is 5.73 Å². The van der Waals surface area contributed by atoms with E-state index in [-0.39, 0.29) is 6.04 Å². The molecule has 0 saturated carbocycles. The third-order valence-electron chi connectivity index (χ3n) is 1.55. The Morgan fingerprint density at radius 2 is 2.11 bits per heavy atom. The molecular weight excluding hydrogens is 138 g/mol. The van der Waals surface area contributed by atoms with Crippen molar-refractivity contribution >= 4 is 9.84 Å². The molecule has 1 heterocycles. The highest BCUT2D eigenvalue weighted by Crippen LogP contribution is 2.14. The van der Waals surface area contributed by atoms with Gasteiger partial charge in [0, 0.05) is 11.4 Å². The predicted octanol–water partition coefficient (Wildman–Crippen LogP) is -0.356. The fourth-order valence-electron chi connectivity index (χ4n) is 0.700. The maximum absolute atomic E-state index is 10.8. The Labute approximate surface area is 54.5 Å². The summed E-state index contributed by atoms with van der Waals surface area (Å²) in [5.74, 6) is 0.